The summed E-state index contributed by atoms with van der Waals surface area (Å²) < 4.78 is 0. The lowest BCUT2D eigenvalue weighted by Crippen LogP contribution is -1.80. The van der Waals surface area contributed by atoms with Gasteiger partial charge in [-0.2, -0.15) is 0 Å². The van der Waals surface area contributed by atoms with Crippen LogP contribution in [0.2, 0.25) is 0 Å². The maximum atomic E-state index is 4.38. The number of benzene rings is 2. The minimum Gasteiger partial charge on any atom is -0.256 e. The Hall–Kier alpha value is -2.74. The summed E-state index contributed by atoms with van der Waals surface area (Å²) in [5.74, 6) is 0. The first-order chi connectivity index (χ1) is 10.7. The number of fused-ring (bicyclic) bond motifs is 2. The quantitative estimate of drug-likeness (QED) is 0.450. The number of rotatable bonds is 0. The normalized spacial score (nSPS) is 10.3. The predicted molar refractivity (Wildman–Crippen MR) is 93.0 cm³/mol. The van der Waals surface area contributed by atoms with E-state index in [1.165, 1.54) is 16.3 Å². The number of para-hydroxylation sites is 2. The van der Waals surface area contributed by atoms with Crippen molar-refractivity contribution in [2.45, 2.75) is 13.8 Å². The van der Waals surface area contributed by atoms with Crippen LogP contribution >= 0.6 is 0 Å². The van der Waals surface area contributed by atoms with E-state index in [9.17, 15) is 0 Å². The van der Waals surface area contributed by atoms with Crippen molar-refractivity contribution in [3.8, 4) is 0 Å². The molecule has 2 heteroatoms. The van der Waals surface area contributed by atoms with Gasteiger partial charge >= 0.3 is 0 Å². The molecule has 0 radical (unpaired) electrons. The fourth-order valence-corrected chi connectivity index (χ4v) is 2.41. The molecule has 0 N–H and O–H groups in total. The Morgan fingerprint density at radius 2 is 1.41 bits per heavy atom. The summed E-state index contributed by atoms with van der Waals surface area (Å²) in [6, 6.07) is 22.5. The fraction of sp³-hybridized carbons (Fsp3) is 0.100. The number of pyridine rings is 2. The van der Waals surface area contributed by atoms with Crippen molar-refractivity contribution in [1.82, 2.24) is 9.97 Å². The first kappa shape index (κ1) is 14.2. The van der Waals surface area contributed by atoms with Gasteiger partial charge in [0.05, 0.1) is 11.0 Å². The molecule has 0 bridgehead atoms. The standard InChI is InChI=1S/2C10H9N/c1-8-6-7-11-10-5-3-2-4-9(8)10;1-8-6-7-9-4-2-3-5-10(9)11-8/h2*2-7H,1H3. The summed E-state index contributed by atoms with van der Waals surface area (Å²) in [7, 11) is 0. The summed E-state index contributed by atoms with van der Waals surface area (Å²) in [5, 5.41) is 2.45. The summed E-state index contributed by atoms with van der Waals surface area (Å²) >= 11 is 0. The third-order valence-corrected chi connectivity index (χ3v) is 3.60. The number of nitrogens with zero attached hydrogens (tertiary/aromatic N) is 2. The molecule has 0 fully saturated rings. The van der Waals surface area contributed by atoms with Crippen LogP contribution in [0.25, 0.3) is 21.8 Å². The van der Waals surface area contributed by atoms with Crippen LogP contribution in [0, 0.1) is 13.8 Å². The van der Waals surface area contributed by atoms with Gasteiger partial charge in [-0.25, -0.2) is 0 Å². The maximum absolute atomic E-state index is 4.38. The summed E-state index contributed by atoms with van der Waals surface area (Å²) in [6.45, 7) is 4.11. The Labute approximate surface area is 130 Å². The first-order valence-electron chi connectivity index (χ1n) is 7.37. The molecule has 2 heterocycles. The smallest absolute Gasteiger partial charge is 0.0705 e. The van der Waals surface area contributed by atoms with Crippen LogP contribution in [-0.2, 0) is 0 Å². The molecule has 0 atom stereocenters. The van der Waals surface area contributed by atoms with Crippen molar-refractivity contribution < 1.29 is 0 Å². The summed E-state index contributed by atoms with van der Waals surface area (Å²) in [4.78, 5) is 8.62. The Kier molecular flexibility index (Phi) is 4.10. The van der Waals surface area contributed by atoms with Gasteiger partial charge in [-0.3, -0.25) is 9.97 Å². The van der Waals surface area contributed by atoms with Crippen molar-refractivity contribution in [2.75, 3.05) is 0 Å². The molecule has 0 aliphatic carbocycles. The predicted octanol–water partition coefficient (Wildman–Crippen LogP) is 5.09. The zero-order valence-electron chi connectivity index (χ0n) is 12.8. The van der Waals surface area contributed by atoms with Crippen LogP contribution in [0.3, 0.4) is 0 Å². The number of hydrogen-bond donors (Lipinski definition) is 0. The average Bonchev–Trinajstić information content (AvgIpc) is 2.56. The van der Waals surface area contributed by atoms with E-state index < -0.39 is 0 Å². The van der Waals surface area contributed by atoms with Gasteiger partial charge in [-0.1, -0.05) is 42.5 Å². The Morgan fingerprint density at radius 3 is 2.23 bits per heavy atom. The molecule has 0 spiro atoms. The molecule has 22 heavy (non-hydrogen) atoms. The fourth-order valence-electron chi connectivity index (χ4n) is 2.41. The van der Waals surface area contributed by atoms with Gasteiger partial charge in [0.1, 0.15) is 0 Å². The second-order valence-corrected chi connectivity index (χ2v) is 5.29. The molecule has 2 aromatic carbocycles. The maximum Gasteiger partial charge on any atom is 0.0705 e. The molecular formula is C20H18N2. The zero-order valence-corrected chi connectivity index (χ0v) is 12.8. The third-order valence-electron chi connectivity index (χ3n) is 3.60. The van der Waals surface area contributed by atoms with E-state index in [1.54, 1.807) is 0 Å². The van der Waals surface area contributed by atoms with Crippen LogP contribution in [-0.4, -0.2) is 9.97 Å². The molecule has 0 unspecified atom stereocenters. The van der Waals surface area contributed by atoms with Crippen LogP contribution < -0.4 is 0 Å². The van der Waals surface area contributed by atoms with Crippen LogP contribution in [0.15, 0.2) is 72.9 Å². The molecule has 4 rings (SSSR count). The number of aryl methyl sites for hydroxylation is 2. The number of aromatic nitrogens is 2. The molecule has 0 saturated heterocycles. The Morgan fingerprint density at radius 1 is 0.682 bits per heavy atom. The van der Waals surface area contributed by atoms with Gasteiger partial charge in [0.15, 0.2) is 0 Å². The van der Waals surface area contributed by atoms with Gasteiger partial charge in [-0.15, -0.1) is 0 Å². The van der Waals surface area contributed by atoms with Crippen molar-refractivity contribution in [1.29, 1.82) is 0 Å². The molecular weight excluding hydrogens is 268 g/mol. The average molecular weight is 286 g/mol. The minimum absolute atomic E-state index is 1.07. The monoisotopic (exact) mass is 286 g/mol. The summed E-state index contributed by atoms with van der Waals surface area (Å²) in [6.07, 6.45) is 1.84. The SMILES string of the molecule is Cc1ccc2ccccc2n1.Cc1ccnc2ccccc12. The van der Waals surface area contributed by atoms with E-state index >= 15 is 0 Å². The van der Waals surface area contributed by atoms with E-state index in [0.29, 0.717) is 0 Å². The van der Waals surface area contributed by atoms with Crippen molar-refractivity contribution >= 4 is 21.8 Å². The van der Waals surface area contributed by atoms with Gasteiger partial charge in [0.2, 0.25) is 0 Å². The molecule has 0 aliphatic rings. The number of hydrogen-bond acceptors (Lipinski definition) is 2. The molecule has 2 aromatic heterocycles. The highest BCUT2D eigenvalue weighted by Gasteiger charge is 1.93. The molecule has 0 aliphatic heterocycles. The van der Waals surface area contributed by atoms with Gasteiger partial charge in [0, 0.05) is 22.7 Å². The van der Waals surface area contributed by atoms with E-state index in [-0.39, 0.29) is 0 Å². The van der Waals surface area contributed by atoms with Gasteiger partial charge < -0.3 is 0 Å². The largest absolute Gasteiger partial charge is 0.256 e. The van der Waals surface area contributed by atoms with Crippen molar-refractivity contribution in [3.05, 3.63) is 84.2 Å². The van der Waals surface area contributed by atoms with Crippen LogP contribution in [0.1, 0.15) is 11.3 Å². The topological polar surface area (TPSA) is 25.8 Å². The van der Waals surface area contributed by atoms with E-state index in [1.807, 2.05) is 61.7 Å². The van der Waals surface area contributed by atoms with Crippen molar-refractivity contribution in [2.24, 2.45) is 0 Å². The Bertz CT molecular complexity index is 902. The second kappa shape index (κ2) is 6.35. The van der Waals surface area contributed by atoms with Gasteiger partial charge in [0.25, 0.3) is 0 Å². The second-order valence-electron chi connectivity index (χ2n) is 5.29. The van der Waals surface area contributed by atoms with Crippen LogP contribution in [0.4, 0.5) is 0 Å². The summed E-state index contributed by atoms with van der Waals surface area (Å²) in [5.41, 5.74) is 4.51. The Balaban J connectivity index is 0.000000131. The zero-order chi connectivity index (χ0) is 15.4. The van der Waals surface area contributed by atoms with E-state index in [4.69, 9.17) is 0 Å². The first-order valence-corrected chi connectivity index (χ1v) is 7.37. The van der Waals surface area contributed by atoms with E-state index in [0.717, 1.165) is 16.7 Å². The molecule has 0 saturated carbocycles. The molecule has 0 amide bonds. The molecule has 2 nitrogen and oxygen atoms in total. The van der Waals surface area contributed by atoms with Crippen LogP contribution in [0.5, 0.6) is 0 Å². The highest BCUT2D eigenvalue weighted by molar-refractivity contribution is 5.81. The van der Waals surface area contributed by atoms with Crippen molar-refractivity contribution in [3.63, 3.8) is 0 Å². The molecule has 108 valence electrons. The molecule has 4 aromatic rings. The lowest BCUT2D eigenvalue weighted by molar-refractivity contribution is 1.26. The van der Waals surface area contributed by atoms with E-state index in [2.05, 4.69) is 35.1 Å². The minimum atomic E-state index is 1.07. The van der Waals surface area contributed by atoms with Gasteiger partial charge in [-0.05, 0) is 43.7 Å². The highest BCUT2D eigenvalue weighted by atomic mass is 14.7. The lowest BCUT2D eigenvalue weighted by atomic mass is 10.1. The highest BCUT2D eigenvalue weighted by Crippen LogP contribution is 2.14. The third kappa shape index (κ3) is 3.12. The lowest BCUT2D eigenvalue weighted by Gasteiger charge is -1.97.